The van der Waals surface area contributed by atoms with Gasteiger partial charge in [-0.2, -0.15) is 0 Å². The number of hydrogen-bond acceptors (Lipinski definition) is 2. The first-order valence-corrected chi connectivity index (χ1v) is 5.61. The Hall–Kier alpha value is -2.23. The molecule has 0 aliphatic heterocycles. The van der Waals surface area contributed by atoms with E-state index >= 15 is 0 Å². The summed E-state index contributed by atoms with van der Waals surface area (Å²) in [6.45, 7) is 0.812. The topological polar surface area (TPSA) is 47.7 Å². The maximum atomic E-state index is 4.55. The summed E-state index contributed by atoms with van der Waals surface area (Å²) in [5.74, 6) is 0.890. The lowest BCUT2D eigenvalue weighted by molar-refractivity contribution is 0.862. The predicted molar refractivity (Wildman–Crippen MR) is 69.0 cm³/mol. The third-order valence-corrected chi connectivity index (χ3v) is 2.81. The number of anilines is 1. The molecule has 0 spiro atoms. The lowest BCUT2D eigenvalue weighted by Gasteiger charge is -2.14. The highest BCUT2D eigenvalue weighted by Crippen LogP contribution is 2.17. The molecule has 2 heterocycles. The fraction of sp³-hybridized carbons (Fsp3) is 0.154. The number of fused-ring (bicyclic) bond motifs is 1. The summed E-state index contributed by atoms with van der Waals surface area (Å²) < 4.78 is 0. The van der Waals surface area contributed by atoms with Crippen molar-refractivity contribution in [1.29, 1.82) is 0 Å². The van der Waals surface area contributed by atoms with Crippen LogP contribution < -0.4 is 4.90 Å². The maximum Gasteiger partial charge on any atom is 0.203 e. The van der Waals surface area contributed by atoms with Crippen molar-refractivity contribution in [2.75, 3.05) is 11.9 Å². The Kier molecular flexibility index (Phi) is 2.33. The lowest BCUT2D eigenvalue weighted by atomic mass is 10.3. The van der Waals surface area contributed by atoms with Crippen molar-refractivity contribution in [3.63, 3.8) is 0 Å². The summed E-state index contributed by atoms with van der Waals surface area (Å²) in [5.41, 5.74) is 3.25. The number of nitrogens with zero attached hydrogens (tertiary/aromatic N) is 2. The Labute approximate surface area is 99.3 Å². The normalized spacial score (nSPS) is 10.9. The second kappa shape index (κ2) is 3.97. The molecule has 3 rings (SSSR count). The minimum atomic E-state index is 0.812. The Balaban J connectivity index is 1.88. The minimum Gasteiger partial charge on any atom is -0.364 e. The van der Waals surface area contributed by atoms with Gasteiger partial charge in [0.1, 0.15) is 0 Å². The van der Waals surface area contributed by atoms with Crippen molar-refractivity contribution in [1.82, 2.24) is 15.0 Å². The molecular weight excluding hydrogens is 212 g/mol. The molecule has 0 aliphatic carbocycles. The van der Waals surface area contributed by atoms with Gasteiger partial charge >= 0.3 is 0 Å². The van der Waals surface area contributed by atoms with Crippen LogP contribution in [0.15, 0.2) is 42.6 Å². The smallest absolute Gasteiger partial charge is 0.203 e. The zero-order chi connectivity index (χ0) is 11.7. The number of aromatic nitrogens is 3. The van der Waals surface area contributed by atoms with Crippen molar-refractivity contribution in [3.05, 3.63) is 48.3 Å². The van der Waals surface area contributed by atoms with Gasteiger partial charge < -0.3 is 14.9 Å². The molecule has 0 radical (unpaired) electrons. The van der Waals surface area contributed by atoms with Crippen LogP contribution in [0.2, 0.25) is 0 Å². The van der Waals surface area contributed by atoms with Gasteiger partial charge in [0, 0.05) is 18.9 Å². The SMILES string of the molecule is CN(Cc1ccc[nH]1)c1nc2ccccc2[nH]1. The number of hydrogen-bond donors (Lipinski definition) is 2. The zero-order valence-electron chi connectivity index (χ0n) is 9.64. The van der Waals surface area contributed by atoms with Crippen molar-refractivity contribution >= 4 is 17.0 Å². The summed E-state index contributed by atoms with van der Waals surface area (Å²) in [7, 11) is 2.03. The highest BCUT2D eigenvalue weighted by Gasteiger charge is 2.07. The molecule has 2 aromatic heterocycles. The summed E-state index contributed by atoms with van der Waals surface area (Å²) in [6.07, 6.45) is 1.93. The van der Waals surface area contributed by atoms with E-state index in [1.54, 1.807) is 0 Å². The van der Waals surface area contributed by atoms with Crippen LogP contribution in [0.4, 0.5) is 5.95 Å². The Bertz CT molecular complexity index is 576. The monoisotopic (exact) mass is 226 g/mol. The van der Waals surface area contributed by atoms with Gasteiger partial charge in [-0.25, -0.2) is 4.98 Å². The molecule has 0 saturated carbocycles. The Morgan fingerprint density at radius 1 is 1.18 bits per heavy atom. The molecule has 4 nitrogen and oxygen atoms in total. The first-order valence-electron chi connectivity index (χ1n) is 5.61. The molecule has 3 aromatic rings. The van der Waals surface area contributed by atoms with Gasteiger partial charge in [-0.3, -0.25) is 0 Å². The fourth-order valence-electron chi connectivity index (χ4n) is 1.92. The van der Waals surface area contributed by atoms with Crippen molar-refractivity contribution in [3.8, 4) is 0 Å². The summed E-state index contributed by atoms with van der Waals surface area (Å²) in [4.78, 5) is 13.1. The van der Waals surface area contributed by atoms with E-state index in [1.165, 1.54) is 5.69 Å². The van der Waals surface area contributed by atoms with Gasteiger partial charge in [-0.05, 0) is 24.3 Å². The molecule has 0 amide bonds. The zero-order valence-corrected chi connectivity index (χ0v) is 9.64. The molecule has 0 saturated heterocycles. The van der Waals surface area contributed by atoms with Crippen molar-refractivity contribution in [2.24, 2.45) is 0 Å². The van der Waals surface area contributed by atoms with Gasteiger partial charge in [-0.15, -0.1) is 0 Å². The number of H-pyrrole nitrogens is 2. The van der Waals surface area contributed by atoms with E-state index < -0.39 is 0 Å². The van der Waals surface area contributed by atoms with Crippen LogP contribution in [0, 0.1) is 0 Å². The largest absolute Gasteiger partial charge is 0.364 e. The lowest BCUT2D eigenvalue weighted by Crippen LogP contribution is -2.17. The summed E-state index contributed by atoms with van der Waals surface area (Å²) >= 11 is 0. The van der Waals surface area contributed by atoms with Crippen LogP contribution in [0.5, 0.6) is 0 Å². The maximum absolute atomic E-state index is 4.55. The Morgan fingerprint density at radius 2 is 2.06 bits per heavy atom. The predicted octanol–water partition coefficient (Wildman–Crippen LogP) is 2.53. The number of benzene rings is 1. The molecule has 0 unspecified atom stereocenters. The number of aromatic amines is 2. The number of rotatable bonds is 3. The second-order valence-electron chi connectivity index (χ2n) is 4.13. The van der Waals surface area contributed by atoms with Crippen LogP contribution in [0.3, 0.4) is 0 Å². The average Bonchev–Trinajstić information content (AvgIpc) is 2.96. The van der Waals surface area contributed by atoms with Crippen molar-refractivity contribution in [2.45, 2.75) is 6.54 Å². The third-order valence-electron chi connectivity index (χ3n) is 2.81. The van der Waals surface area contributed by atoms with Gasteiger partial charge in [-0.1, -0.05) is 12.1 Å². The van der Waals surface area contributed by atoms with Crippen LogP contribution in [-0.2, 0) is 6.54 Å². The standard InChI is InChI=1S/C13H14N4/c1-17(9-10-5-4-8-14-10)13-15-11-6-2-3-7-12(11)16-13/h2-8,14H,9H2,1H3,(H,15,16). The minimum absolute atomic E-state index is 0.812. The molecule has 1 aromatic carbocycles. The van der Waals surface area contributed by atoms with Crippen molar-refractivity contribution < 1.29 is 0 Å². The quantitative estimate of drug-likeness (QED) is 0.721. The van der Waals surface area contributed by atoms with Gasteiger partial charge in [0.15, 0.2) is 0 Å². The van der Waals surface area contributed by atoms with E-state index in [2.05, 4.69) is 25.9 Å². The van der Waals surface area contributed by atoms with Crippen LogP contribution in [0.1, 0.15) is 5.69 Å². The Morgan fingerprint density at radius 3 is 2.82 bits per heavy atom. The van der Waals surface area contributed by atoms with E-state index in [0.29, 0.717) is 0 Å². The molecule has 17 heavy (non-hydrogen) atoms. The highest BCUT2D eigenvalue weighted by molar-refractivity contribution is 5.77. The molecule has 86 valence electrons. The molecular formula is C13H14N4. The molecule has 0 aliphatic rings. The first kappa shape index (κ1) is 9.96. The van der Waals surface area contributed by atoms with Gasteiger partial charge in [0.05, 0.1) is 17.6 Å². The summed E-state index contributed by atoms with van der Waals surface area (Å²) in [6, 6.07) is 12.1. The number of para-hydroxylation sites is 2. The van der Waals surface area contributed by atoms with E-state index in [-0.39, 0.29) is 0 Å². The second-order valence-corrected chi connectivity index (χ2v) is 4.13. The average molecular weight is 226 g/mol. The third kappa shape index (κ3) is 1.89. The molecule has 4 heteroatoms. The van der Waals surface area contributed by atoms with E-state index in [4.69, 9.17) is 0 Å². The van der Waals surface area contributed by atoms with Gasteiger partial charge in [0.2, 0.25) is 5.95 Å². The summed E-state index contributed by atoms with van der Waals surface area (Å²) in [5, 5.41) is 0. The number of imidazole rings is 1. The van der Waals surface area contributed by atoms with Crippen LogP contribution in [0.25, 0.3) is 11.0 Å². The van der Waals surface area contributed by atoms with E-state index in [1.807, 2.05) is 43.6 Å². The highest BCUT2D eigenvalue weighted by atomic mass is 15.2. The number of nitrogens with one attached hydrogen (secondary N) is 2. The fourth-order valence-corrected chi connectivity index (χ4v) is 1.92. The first-order chi connectivity index (χ1) is 8.33. The van der Waals surface area contributed by atoms with Crippen LogP contribution in [-0.4, -0.2) is 22.0 Å². The van der Waals surface area contributed by atoms with E-state index in [0.717, 1.165) is 23.5 Å². The molecule has 0 atom stereocenters. The molecule has 2 N–H and O–H groups in total. The van der Waals surface area contributed by atoms with Crippen LogP contribution >= 0.6 is 0 Å². The molecule has 0 fully saturated rings. The van der Waals surface area contributed by atoms with E-state index in [9.17, 15) is 0 Å². The molecule has 0 bridgehead atoms. The van der Waals surface area contributed by atoms with Gasteiger partial charge in [0.25, 0.3) is 0 Å².